The molecule has 0 N–H and O–H groups in total. The maximum absolute atomic E-state index is 10.6. The van der Waals surface area contributed by atoms with Gasteiger partial charge in [-0.3, -0.25) is 14.8 Å². The molecule has 0 bridgehead atoms. The van der Waals surface area contributed by atoms with Gasteiger partial charge in [0.2, 0.25) is 0 Å². The van der Waals surface area contributed by atoms with Gasteiger partial charge in [-0.1, -0.05) is 6.92 Å². The zero-order chi connectivity index (χ0) is 15.2. The predicted molar refractivity (Wildman–Crippen MR) is 84.4 cm³/mol. The first-order valence-electron chi connectivity index (χ1n) is 6.85. The minimum absolute atomic E-state index is 0.0683. The van der Waals surface area contributed by atoms with E-state index in [9.17, 15) is 10.1 Å². The van der Waals surface area contributed by atoms with Crippen molar-refractivity contribution in [3.63, 3.8) is 0 Å². The molecule has 0 aliphatic carbocycles. The lowest BCUT2D eigenvalue weighted by Gasteiger charge is -2.08. The van der Waals surface area contributed by atoms with Gasteiger partial charge in [0.15, 0.2) is 5.82 Å². The number of hydrogen-bond acceptors (Lipinski definition) is 5. The van der Waals surface area contributed by atoms with Gasteiger partial charge in [-0.2, -0.15) is 17.7 Å². The second kappa shape index (κ2) is 7.21. The standard InChI is InChI=1S/C14H18N4O2S/c1-11(7-9-21)6-8-17-10-15-14(16-17)12-2-4-13(5-3-12)18(19)20/h2-5,10-11,21H,6-9H2,1H3. The largest absolute Gasteiger partial charge is 0.269 e. The van der Waals surface area contributed by atoms with Crippen molar-refractivity contribution in [2.75, 3.05) is 5.75 Å². The Bertz CT molecular complexity index is 597. The summed E-state index contributed by atoms with van der Waals surface area (Å²) in [6.07, 6.45) is 3.82. The van der Waals surface area contributed by atoms with Crippen LogP contribution >= 0.6 is 12.6 Å². The third kappa shape index (κ3) is 4.29. The topological polar surface area (TPSA) is 73.8 Å². The summed E-state index contributed by atoms with van der Waals surface area (Å²) in [6, 6.07) is 6.26. The molecule has 1 aromatic carbocycles. The number of aryl methyl sites for hydroxylation is 1. The average molecular weight is 306 g/mol. The first kappa shape index (κ1) is 15.5. The van der Waals surface area contributed by atoms with Crippen molar-refractivity contribution in [3.05, 3.63) is 40.7 Å². The molecule has 0 saturated carbocycles. The molecule has 1 unspecified atom stereocenters. The third-order valence-electron chi connectivity index (χ3n) is 3.35. The lowest BCUT2D eigenvalue weighted by Crippen LogP contribution is -2.05. The summed E-state index contributed by atoms with van der Waals surface area (Å²) < 4.78 is 1.81. The Labute approximate surface area is 128 Å². The van der Waals surface area contributed by atoms with Gasteiger partial charge in [-0.15, -0.1) is 0 Å². The molecule has 21 heavy (non-hydrogen) atoms. The highest BCUT2D eigenvalue weighted by Gasteiger charge is 2.09. The fourth-order valence-corrected chi connectivity index (χ4v) is 2.43. The number of nitro benzene ring substituents is 1. The lowest BCUT2D eigenvalue weighted by molar-refractivity contribution is -0.384. The number of non-ortho nitro benzene ring substituents is 1. The van der Waals surface area contributed by atoms with Crippen LogP contribution in [0.3, 0.4) is 0 Å². The molecule has 1 heterocycles. The van der Waals surface area contributed by atoms with Crippen LogP contribution in [0.4, 0.5) is 5.69 Å². The van der Waals surface area contributed by atoms with E-state index in [0.717, 1.165) is 30.7 Å². The number of rotatable bonds is 7. The summed E-state index contributed by atoms with van der Waals surface area (Å²) in [6.45, 7) is 3.01. The van der Waals surface area contributed by atoms with Crippen LogP contribution in [0.1, 0.15) is 19.8 Å². The highest BCUT2D eigenvalue weighted by Crippen LogP contribution is 2.19. The molecule has 7 heteroatoms. The van der Waals surface area contributed by atoms with Gasteiger partial charge < -0.3 is 0 Å². The van der Waals surface area contributed by atoms with Gasteiger partial charge in [0.1, 0.15) is 6.33 Å². The van der Waals surface area contributed by atoms with Crippen molar-refractivity contribution in [3.8, 4) is 11.4 Å². The Morgan fingerprint density at radius 3 is 2.67 bits per heavy atom. The van der Waals surface area contributed by atoms with Crippen LogP contribution in [0.2, 0.25) is 0 Å². The smallest absolute Gasteiger partial charge is 0.258 e. The van der Waals surface area contributed by atoms with Crippen molar-refractivity contribution in [2.45, 2.75) is 26.3 Å². The van der Waals surface area contributed by atoms with E-state index in [4.69, 9.17) is 0 Å². The Kier molecular flexibility index (Phi) is 5.32. The van der Waals surface area contributed by atoms with Crippen LogP contribution in [0.15, 0.2) is 30.6 Å². The predicted octanol–water partition coefficient (Wildman–Crippen LogP) is 3.20. The van der Waals surface area contributed by atoms with Gasteiger partial charge >= 0.3 is 0 Å². The molecular formula is C14H18N4O2S. The van der Waals surface area contributed by atoms with Crippen LogP contribution in [-0.4, -0.2) is 25.4 Å². The molecular weight excluding hydrogens is 288 g/mol. The molecule has 2 aromatic rings. The molecule has 0 spiro atoms. The highest BCUT2D eigenvalue weighted by molar-refractivity contribution is 7.80. The van der Waals surface area contributed by atoms with E-state index < -0.39 is 4.92 Å². The van der Waals surface area contributed by atoms with E-state index in [0.29, 0.717) is 11.7 Å². The molecule has 1 atom stereocenters. The molecule has 0 amide bonds. The van der Waals surface area contributed by atoms with Gasteiger partial charge in [0.05, 0.1) is 4.92 Å². The Hall–Kier alpha value is -1.89. The summed E-state index contributed by atoms with van der Waals surface area (Å²) in [5.74, 6) is 2.09. The molecule has 0 saturated heterocycles. The molecule has 0 fully saturated rings. The second-order valence-electron chi connectivity index (χ2n) is 5.04. The minimum Gasteiger partial charge on any atom is -0.258 e. The van der Waals surface area contributed by atoms with Crippen LogP contribution < -0.4 is 0 Å². The number of nitro groups is 1. The van der Waals surface area contributed by atoms with E-state index >= 15 is 0 Å². The van der Waals surface area contributed by atoms with Crippen molar-refractivity contribution < 1.29 is 4.92 Å². The Morgan fingerprint density at radius 1 is 1.33 bits per heavy atom. The fourth-order valence-electron chi connectivity index (χ4n) is 1.98. The van der Waals surface area contributed by atoms with Crippen molar-refractivity contribution >= 4 is 18.3 Å². The molecule has 0 aliphatic heterocycles. The van der Waals surface area contributed by atoms with E-state index in [-0.39, 0.29) is 5.69 Å². The fraction of sp³-hybridized carbons (Fsp3) is 0.429. The van der Waals surface area contributed by atoms with Crippen LogP contribution in [0.5, 0.6) is 0 Å². The quantitative estimate of drug-likeness (QED) is 0.484. The van der Waals surface area contributed by atoms with Gasteiger partial charge in [-0.25, -0.2) is 4.98 Å². The van der Waals surface area contributed by atoms with E-state index in [1.54, 1.807) is 18.5 Å². The van der Waals surface area contributed by atoms with Crippen molar-refractivity contribution in [1.29, 1.82) is 0 Å². The number of hydrogen-bond donors (Lipinski definition) is 1. The second-order valence-corrected chi connectivity index (χ2v) is 5.49. The van der Waals surface area contributed by atoms with E-state index in [1.165, 1.54) is 12.1 Å². The van der Waals surface area contributed by atoms with Crippen LogP contribution in [0, 0.1) is 16.0 Å². The number of nitrogens with zero attached hydrogens (tertiary/aromatic N) is 4. The normalized spacial score (nSPS) is 12.3. The molecule has 1 aromatic heterocycles. The van der Waals surface area contributed by atoms with Gasteiger partial charge in [-0.05, 0) is 36.6 Å². The summed E-state index contributed by atoms with van der Waals surface area (Å²) >= 11 is 4.23. The summed E-state index contributed by atoms with van der Waals surface area (Å²) in [7, 11) is 0. The van der Waals surface area contributed by atoms with E-state index in [2.05, 4.69) is 29.6 Å². The van der Waals surface area contributed by atoms with Crippen LogP contribution in [0.25, 0.3) is 11.4 Å². The minimum atomic E-state index is -0.418. The van der Waals surface area contributed by atoms with Crippen LogP contribution in [-0.2, 0) is 6.54 Å². The molecule has 0 aliphatic rings. The zero-order valence-electron chi connectivity index (χ0n) is 11.8. The van der Waals surface area contributed by atoms with Crippen molar-refractivity contribution in [1.82, 2.24) is 14.8 Å². The highest BCUT2D eigenvalue weighted by atomic mass is 32.1. The van der Waals surface area contributed by atoms with E-state index in [1.807, 2.05) is 4.68 Å². The SMILES string of the molecule is CC(CCS)CCn1cnc(-c2ccc([N+](=O)[O-])cc2)n1. The number of aromatic nitrogens is 3. The lowest BCUT2D eigenvalue weighted by atomic mass is 10.1. The maximum Gasteiger partial charge on any atom is 0.269 e. The van der Waals surface area contributed by atoms with Gasteiger partial charge in [0, 0.05) is 24.2 Å². The molecule has 6 nitrogen and oxygen atoms in total. The number of benzene rings is 1. The Balaban J connectivity index is 2.00. The Morgan fingerprint density at radius 2 is 2.05 bits per heavy atom. The zero-order valence-corrected chi connectivity index (χ0v) is 12.7. The summed E-state index contributed by atoms with van der Waals surface area (Å²) in [5, 5.41) is 15.0. The van der Waals surface area contributed by atoms with Crippen molar-refractivity contribution in [2.24, 2.45) is 5.92 Å². The first-order valence-corrected chi connectivity index (χ1v) is 7.48. The maximum atomic E-state index is 10.6. The number of thiol groups is 1. The molecule has 0 radical (unpaired) electrons. The molecule has 112 valence electrons. The summed E-state index contributed by atoms with van der Waals surface area (Å²) in [5.41, 5.74) is 0.849. The monoisotopic (exact) mass is 306 g/mol. The third-order valence-corrected chi connectivity index (χ3v) is 3.60. The molecule has 2 rings (SSSR count). The van der Waals surface area contributed by atoms with Gasteiger partial charge in [0.25, 0.3) is 5.69 Å². The first-order chi connectivity index (χ1) is 10.1. The average Bonchev–Trinajstić information content (AvgIpc) is 2.94. The summed E-state index contributed by atoms with van der Waals surface area (Å²) in [4.78, 5) is 14.5.